The Kier molecular flexibility index (Phi) is 4.78. The van der Waals surface area contributed by atoms with Crippen molar-refractivity contribution >= 4 is 29.0 Å². The number of carbonyl (C=O) groups excluding carboxylic acids is 2. The molecule has 2 fully saturated rings. The van der Waals surface area contributed by atoms with E-state index in [1.807, 2.05) is 6.92 Å². The fourth-order valence-corrected chi connectivity index (χ4v) is 3.91. The van der Waals surface area contributed by atoms with E-state index in [2.05, 4.69) is 0 Å². The Morgan fingerprint density at radius 1 is 1.25 bits per heavy atom. The van der Waals surface area contributed by atoms with Crippen molar-refractivity contribution in [1.29, 1.82) is 0 Å². The minimum atomic E-state index is -0.393. The van der Waals surface area contributed by atoms with Gasteiger partial charge in [-0.1, -0.05) is 44.8 Å². The van der Waals surface area contributed by atoms with Gasteiger partial charge in [-0.3, -0.25) is 14.5 Å². The molecule has 0 aromatic rings. The summed E-state index contributed by atoms with van der Waals surface area (Å²) in [7, 11) is 0. The van der Waals surface area contributed by atoms with Crippen molar-refractivity contribution in [1.82, 2.24) is 4.90 Å². The number of likely N-dealkylation sites (tertiary alicyclic amines) is 1. The normalized spacial score (nSPS) is 23.9. The van der Waals surface area contributed by atoms with Gasteiger partial charge in [0.1, 0.15) is 0 Å². The van der Waals surface area contributed by atoms with Crippen LogP contribution in [0.4, 0.5) is 0 Å². The molecular weight excluding hydrogens is 272 g/mol. The molecule has 1 spiro atoms. The van der Waals surface area contributed by atoms with Crippen LogP contribution in [0.3, 0.4) is 0 Å². The largest absolute Gasteiger partial charge is 0.392 e. The lowest BCUT2D eigenvalue weighted by molar-refractivity contribution is -0.156. The smallest absolute Gasteiger partial charge is 0.230 e. The van der Waals surface area contributed by atoms with Gasteiger partial charge < -0.3 is 5.73 Å². The van der Waals surface area contributed by atoms with Crippen molar-refractivity contribution in [2.24, 2.45) is 11.1 Å². The Hall–Kier alpha value is -0.970. The van der Waals surface area contributed by atoms with Gasteiger partial charge in [0, 0.05) is 12.8 Å². The first-order valence-corrected chi connectivity index (χ1v) is 8.04. The van der Waals surface area contributed by atoms with E-state index in [-0.39, 0.29) is 22.2 Å². The lowest BCUT2D eigenvalue weighted by Crippen LogP contribution is -2.56. The fraction of sp³-hybridized carbons (Fsp3) is 0.800. The zero-order chi connectivity index (χ0) is 14.8. The Bertz CT molecular complexity index is 396. The molecule has 0 radical (unpaired) electrons. The van der Waals surface area contributed by atoms with Crippen LogP contribution in [0.2, 0.25) is 0 Å². The molecular formula is C15H24N2O2S. The second-order valence-electron chi connectivity index (χ2n) is 6.28. The molecule has 2 aliphatic rings. The lowest BCUT2D eigenvalue weighted by atomic mass is 9.67. The van der Waals surface area contributed by atoms with Crippen LogP contribution in [-0.4, -0.2) is 27.7 Å². The summed E-state index contributed by atoms with van der Waals surface area (Å²) >= 11 is 5.05. The van der Waals surface area contributed by atoms with Crippen LogP contribution in [0.15, 0.2) is 0 Å². The van der Waals surface area contributed by atoms with Gasteiger partial charge in [-0.15, -0.1) is 0 Å². The maximum Gasteiger partial charge on any atom is 0.230 e. The van der Waals surface area contributed by atoms with Crippen LogP contribution in [0.25, 0.3) is 0 Å². The van der Waals surface area contributed by atoms with Crippen LogP contribution < -0.4 is 5.73 Å². The van der Waals surface area contributed by atoms with Crippen molar-refractivity contribution in [2.45, 2.75) is 70.8 Å². The summed E-state index contributed by atoms with van der Waals surface area (Å²) in [5.74, 6) is -0.149. The van der Waals surface area contributed by atoms with Crippen molar-refractivity contribution in [3.63, 3.8) is 0 Å². The van der Waals surface area contributed by atoms with E-state index >= 15 is 0 Å². The Balaban J connectivity index is 2.16. The Labute approximate surface area is 126 Å². The molecule has 1 saturated heterocycles. The van der Waals surface area contributed by atoms with Gasteiger partial charge in [-0.05, 0) is 24.7 Å². The monoisotopic (exact) mass is 296 g/mol. The average molecular weight is 296 g/mol. The molecule has 1 unspecified atom stereocenters. The van der Waals surface area contributed by atoms with Gasteiger partial charge in [0.25, 0.3) is 0 Å². The minimum absolute atomic E-state index is 0.0735. The van der Waals surface area contributed by atoms with Gasteiger partial charge in [-0.25, -0.2) is 0 Å². The summed E-state index contributed by atoms with van der Waals surface area (Å²) in [6.07, 6.45) is 7.99. The number of amides is 2. The van der Waals surface area contributed by atoms with E-state index < -0.39 is 6.04 Å². The quantitative estimate of drug-likeness (QED) is 0.639. The van der Waals surface area contributed by atoms with Gasteiger partial charge in [-0.2, -0.15) is 0 Å². The summed E-state index contributed by atoms with van der Waals surface area (Å²) < 4.78 is 0. The molecule has 1 aliphatic heterocycles. The van der Waals surface area contributed by atoms with E-state index in [1.165, 1.54) is 11.3 Å². The third kappa shape index (κ3) is 3.03. The van der Waals surface area contributed by atoms with Gasteiger partial charge in [0.2, 0.25) is 11.8 Å². The summed E-state index contributed by atoms with van der Waals surface area (Å²) in [5.41, 5.74) is 5.66. The number of carbonyl (C=O) groups is 2. The van der Waals surface area contributed by atoms with Crippen molar-refractivity contribution in [3.05, 3.63) is 0 Å². The second-order valence-corrected chi connectivity index (χ2v) is 6.75. The molecule has 2 amide bonds. The molecule has 112 valence electrons. The van der Waals surface area contributed by atoms with Crippen LogP contribution in [0, 0.1) is 5.41 Å². The number of nitrogens with zero attached hydrogens (tertiary/aromatic N) is 1. The Morgan fingerprint density at radius 2 is 1.80 bits per heavy atom. The fourth-order valence-electron chi connectivity index (χ4n) is 3.69. The highest BCUT2D eigenvalue weighted by atomic mass is 32.1. The van der Waals surface area contributed by atoms with Crippen molar-refractivity contribution in [2.75, 3.05) is 0 Å². The predicted molar refractivity (Wildman–Crippen MR) is 82.1 cm³/mol. The first-order chi connectivity index (χ1) is 9.49. The number of nitrogens with two attached hydrogens (primary N) is 1. The zero-order valence-corrected chi connectivity index (χ0v) is 13.0. The lowest BCUT2D eigenvalue weighted by Gasteiger charge is -2.44. The zero-order valence-electron chi connectivity index (χ0n) is 12.2. The van der Waals surface area contributed by atoms with Gasteiger partial charge in [0.05, 0.1) is 11.0 Å². The number of imide groups is 1. The van der Waals surface area contributed by atoms with Crippen LogP contribution in [0.1, 0.15) is 64.7 Å². The highest BCUT2D eigenvalue weighted by Crippen LogP contribution is 2.45. The Morgan fingerprint density at radius 3 is 2.25 bits per heavy atom. The standard InChI is InChI=1S/C15H24N2O2S/c1-2-6-11(14(16)20)17-12(18)9-15(10-13(17)19)7-4-3-5-8-15/h11H,2-10H2,1H3,(H2,16,20). The SMILES string of the molecule is CCCC(C(N)=S)N1C(=O)CC2(CCCCC2)CC1=O. The third-order valence-corrected chi connectivity index (χ3v) is 4.98. The molecule has 20 heavy (non-hydrogen) atoms. The van der Waals surface area contributed by atoms with Crippen LogP contribution in [0.5, 0.6) is 0 Å². The first-order valence-electron chi connectivity index (χ1n) is 7.63. The van der Waals surface area contributed by atoms with E-state index in [0.29, 0.717) is 19.3 Å². The molecule has 1 aliphatic carbocycles. The van der Waals surface area contributed by atoms with Crippen molar-refractivity contribution < 1.29 is 9.59 Å². The number of piperidine rings is 1. The van der Waals surface area contributed by atoms with Gasteiger partial charge >= 0.3 is 0 Å². The van der Waals surface area contributed by atoms with Gasteiger partial charge in [0.15, 0.2) is 0 Å². The summed E-state index contributed by atoms with van der Waals surface area (Å²) in [6, 6.07) is -0.393. The highest BCUT2D eigenvalue weighted by molar-refractivity contribution is 7.80. The second kappa shape index (κ2) is 6.20. The van der Waals surface area contributed by atoms with E-state index in [1.54, 1.807) is 0 Å². The van der Waals surface area contributed by atoms with E-state index in [0.717, 1.165) is 32.1 Å². The molecule has 0 bridgehead atoms. The highest BCUT2D eigenvalue weighted by Gasteiger charge is 2.46. The molecule has 1 atom stereocenters. The minimum Gasteiger partial charge on any atom is -0.392 e. The number of rotatable bonds is 4. The third-order valence-electron chi connectivity index (χ3n) is 4.71. The maximum absolute atomic E-state index is 12.5. The van der Waals surface area contributed by atoms with Crippen LogP contribution in [-0.2, 0) is 9.59 Å². The topological polar surface area (TPSA) is 63.4 Å². The number of hydrogen-bond donors (Lipinski definition) is 1. The molecule has 4 nitrogen and oxygen atoms in total. The average Bonchev–Trinajstić information content (AvgIpc) is 2.37. The summed E-state index contributed by atoms with van der Waals surface area (Å²) in [4.78, 5) is 26.6. The molecule has 1 heterocycles. The first kappa shape index (κ1) is 15.4. The number of hydrogen-bond acceptors (Lipinski definition) is 3. The molecule has 1 saturated carbocycles. The number of thiocarbonyl (C=S) groups is 1. The van der Waals surface area contributed by atoms with Crippen LogP contribution >= 0.6 is 12.2 Å². The van der Waals surface area contributed by atoms with E-state index in [9.17, 15) is 9.59 Å². The summed E-state index contributed by atoms with van der Waals surface area (Å²) in [5, 5.41) is 0. The molecule has 2 rings (SSSR count). The molecule has 5 heteroatoms. The maximum atomic E-state index is 12.5. The predicted octanol–water partition coefficient (Wildman–Crippen LogP) is 2.54. The summed E-state index contributed by atoms with van der Waals surface area (Å²) in [6.45, 7) is 2.01. The molecule has 0 aromatic heterocycles. The molecule has 0 aromatic carbocycles. The van der Waals surface area contributed by atoms with E-state index in [4.69, 9.17) is 18.0 Å². The van der Waals surface area contributed by atoms with Crippen molar-refractivity contribution in [3.8, 4) is 0 Å². The molecule has 2 N–H and O–H groups in total.